The molecule has 7 heteroatoms. The molecule has 6 nitrogen and oxygen atoms in total. The summed E-state index contributed by atoms with van der Waals surface area (Å²) in [6, 6.07) is -0.265. The Balaban J connectivity index is 2.38. The van der Waals surface area contributed by atoms with Crippen molar-refractivity contribution < 1.29 is 14.7 Å². The molecule has 3 N–H and O–H groups in total. The molecule has 0 aromatic carbocycles. The largest absolute Gasteiger partial charge is 0.477 e. The second kappa shape index (κ2) is 6.69. The molecule has 0 aliphatic rings. The minimum Gasteiger partial charge on any atom is -0.477 e. The molecule has 112 valence electrons. The lowest BCUT2D eigenvalue weighted by atomic mass is 9.92. The number of carboxylic acid groups (broad SMARTS) is 1. The molecular formula is C13H21N3O3S. The van der Waals surface area contributed by atoms with Gasteiger partial charge in [-0.25, -0.2) is 14.6 Å². The van der Waals surface area contributed by atoms with E-state index < -0.39 is 5.97 Å². The summed E-state index contributed by atoms with van der Waals surface area (Å²) in [6.45, 7) is 8.81. The summed E-state index contributed by atoms with van der Waals surface area (Å²) in [5.74, 6) is -0.985. The van der Waals surface area contributed by atoms with Crippen molar-refractivity contribution in [2.45, 2.75) is 40.7 Å². The number of carbonyl (C=O) groups excluding carboxylic acids is 1. The highest BCUT2D eigenvalue weighted by molar-refractivity contribution is 7.13. The molecule has 0 saturated heterocycles. The highest BCUT2D eigenvalue weighted by atomic mass is 32.1. The van der Waals surface area contributed by atoms with E-state index in [2.05, 4.69) is 36.4 Å². The van der Waals surface area contributed by atoms with Crippen LogP contribution in [0.1, 0.15) is 47.6 Å². The number of amides is 2. The lowest BCUT2D eigenvalue weighted by molar-refractivity contribution is 0.0701. The van der Waals surface area contributed by atoms with Crippen molar-refractivity contribution >= 4 is 23.3 Å². The van der Waals surface area contributed by atoms with Gasteiger partial charge in [0.15, 0.2) is 0 Å². The van der Waals surface area contributed by atoms with Crippen molar-refractivity contribution in [2.75, 3.05) is 6.54 Å². The van der Waals surface area contributed by atoms with E-state index in [0.29, 0.717) is 17.2 Å². The Kier molecular flexibility index (Phi) is 5.50. The lowest BCUT2D eigenvalue weighted by Crippen LogP contribution is -2.36. The Labute approximate surface area is 122 Å². The maximum atomic E-state index is 11.6. The van der Waals surface area contributed by atoms with E-state index >= 15 is 0 Å². The third kappa shape index (κ3) is 5.56. The van der Waals surface area contributed by atoms with Crippen molar-refractivity contribution in [3.63, 3.8) is 0 Å². The Hall–Kier alpha value is -1.63. The molecule has 0 bridgehead atoms. The average Bonchev–Trinajstić information content (AvgIpc) is 2.66. The van der Waals surface area contributed by atoms with Crippen LogP contribution in [0.15, 0.2) is 0 Å². The average molecular weight is 299 g/mol. The molecule has 0 unspecified atom stereocenters. The van der Waals surface area contributed by atoms with E-state index in [9.17, 15) is 9.59 Å². The van der Waals surface area contributed by atoms with Gasteiger partial charge in [0.1, 0.15) is 9.88 Å². The number of aromatic carboxylic acids is 1. The number of aromatic nitrogens is 1. The fourth-order valence-corrected chi connectivity index (χ4v) is 2.34. The van der Waals surface area contributed by atoms with Crippen LogP contribution < -0.4 is 10.6 Å². The number of nitrogens with one attached hydrogen (secondary N) is 2. The Morgan fingerprint density at radius 2 is 1.95 bits per heavy atom. The number of thiazole rings is 1. The molecular weight excluding hydrogens is 278 g/mol. The third-order valence-electron chi connectivity index (χ3n) is 2.60. The van der Waals surface area contributed by atoms with Gasteiger partial charge in [-0.05, 0) is 18.8 Å². The number of urea groups is 1. The summed E-state index contributed by atoms with van der Waals surface area (Å²) in [4.78, 5) is 26.8. The van der Waals surface area contributed by atoms with E-state index in [-0.39, 0.29) is 22.9 Å². The van der Waals surface area contributed by atoms with Crippen LogP contribution in [0.25, 0.3) is 0 Å². The highest BCUT2D eigenvalue weighted by Crippen LogP contribution is 2.18. The lowest BCUT2D eigenvalue weighted by Gasteiger charge is -2.18. The standard InChI is InChI=1S/C13H21N3O3S/c1-8-10(11(17)18)20-9(16-8)7-15-12(19)14-6-5-13(2,3)4/h5-7H2,1-4H3,(H,17,18)(H2,14,15,19). The molecule has 1 aromatic heterocycles. The normalized spacial score (nSPS) is 11.2. The quantitative estimate of drug-likeness (QED) is 0.778. The first-order valence-electron chi connectivity index (χ1n) is 6.40. The van der Waals surface area contributed by atoms with Crippen molar-refractivity contribution in [1.82, 2.24) is 15.6 Å². The van der Waals surface area contributed by atoms with E-state index in [0.717, 1.165) is 17.8 Å². The summed E-state index contributed by atoms with van der Waals surface area (Å²) in [5.41, 5.74) is 0.656. The first kappa shape index (κ1) is 16.4. The first-order valence-corrected chi connectivity index (χ1v) is 7.22. The van der Waals surface area contributed by atoms with Gasteiger partial charge in [0.2, 0.25) is 0 Å². The number of carbonyl (C=O) groups is 2. The highest BCUT2D eigenvalue weighted by Gasteiger charge is 2.14. The monoisotopic (exact) mass is 299 g/mol. The molecule has 1 rings (SSSR count). The van der Waals surface area contributed by atoms with Crippen LogP contribution in [0.5, 0.6) is 0 Å². The number of hydrogen-bond donors (Lipinski definition) is 3. The predicted molar refractivity (Wildman–Crippen MR) is 78.1 cm³/mol. The molecule has 0 aliphatic carbocycles. The summed E-state index contributed by atoms with van der Waals surface area (Å²) in [6.07, 6.45) is 0.889. The Morgan fingerprint density at radius 3 is 2.45 bits per heavy atom. The molecule has 1 heterocycles. The molecule has 2 amide bonds. The number of hydrogen-bond acceptors (Lipinski definition) is 4. The Bertz CT molecular complexity index is 492. The molecule has 0 saturated carbocycles. The molecule has 0 atom stereocenters. The van der Waals surface area contributed by atoms with E-state index in [1.807, 2.05) is 0 Å². The zero-order chi connectivity index (χ0) is 15.3. The van der Waals surface area contributed by atoms with Gasteiger partial charge in [0.05, 0.1) is 12.2 Å². The van der Waals surface area contributed by atoms with Gasteiger partial charge >= 0.3 is 12.0 Å². The second-order valence-corrected chi connectivity index (χ2v) is 6.83. The summed E-state index contributed by atoms with van der Waals surface area (Å²) in [5, 5.41) is 14.9. The van der Waals surface area contributed by atoms with Crippen molar-refractivity contribution in [2.24, 2.45) is 5.41 Å². The second-order valence-electron chi connectivity index (χ2n) is 5.75. The topological polar surface area (TPSA) is 91.3 Å². The van der Waals surface area contributed by atoms with Crippen LogP contribution in [0, 0.1) is 12.3 Å². The molecule has 0 spiro atoms. The van der Waals surface area contributed by atoms with Crippen molar-refractivity contribution in [1.29, 1.82) is 0 Å². The van der Waals surface area contributed by atoms with Crippen LogP contribution in [-0.4, -0.2) is 28.6 Å². The zero-order valence-corrected chi connectivity index (χ0v) is 13.1. The fraction of sp³-hybridized carbons (Fsp3) is 0.615. The van der Waals surface area contributed by atoms with Crippen LogP contribution in [0.4, 0.5) is 4.79 Å². The predicted octanol–water partition coefficient (Wildman–Crippen LogP) is 2.39. The van der Waals surface area contributed by atoms with Gasteiger partial charge in [-0.15, -0.1) is 11.3 Å². The van der Waals surface area contributed by atoms with E-state index in [1.165, 1.54) is 0 Å². The van der Waals surface area contributed by atoms with Gasteiger partial charge in [0, 0.05) is 6.54 Å². The van der Waals surface area contributed by atoms with Crippen LogP contribution in [-0.2, 0) is 6.54 Å². The summed E-state index contributed by atoms with van der Waals surface area (Å²) >= 11 is 1.08. The summed E-state index contributed by atoms with van der Waals surface area (Å²) in [7, 11) is 0. The zero-order valence-electron chi connectivity index (χ0n) is 12.2. The maximum absolute atomic E-state index is 11.6. The van der Waals surface area contributed by atoms with Gasteiger partial charge < -0.3 is 15.7 Å². The van der Waals surface area contributed by atoms with Crippen LogP contribution in [0.3, 0.4) is 0 Å². The van der Waals surface area contributed by atoms with Gasteiger partial charge in [-0.3, -0.25) is 0 Å². The van der Waals surface area contributed by atoms with Gasteiger partial charge in [-0.2, -0.15) is 0 Å². The van der Waals surface area contributed by atoms with E-state index in [4.69, 9.17) is 5.11 Å². The number of carboxylic acids is 1. The minimum absolute atomic E-state index is 0.177. The molecule has 0 radical (unpaired) electrons. The molecule has 0 aliphatic heterocycles. The fourth-order valence-electron chi connectivity index (χ4n) is 1.50. The minimum atomic E-state index is -0.985. The summed E-state index contributed by atoms with van der Waals surface area (Å²) < 4.78 is 0. The number of rotatable bonds is 5. The third-order valence-corrected chi connectivity index (χ3v) is 3.74. The van der Waals surface area contributed by atoms with Crippen LogP contribution >= 0.6 is 11.3 Å². The van der Waals surface area contributed by atoms with Crippen LogP contribution in [0.2, 0.25) is 0 Å². The Morgan fingerprint density at radius 1 is 1.30 bits per heavy atom. The molecule has 1 aromatic rings. The van der Waals surface area contributed by atoms with Gasteiger partial charge in [0.25, 0.3) is 0 Å². The maximum Gasteiger partial charge on any atom is 0.347 e. The van der Waals surface area contributed by atoms with Gasteiger partial charge in [-0.1, -0.05) is 20.8 Å². The molecule has 20 heavy (non-hydrogen) atoms. The number of nitrogens with zero attached hydrogens (tertiary/aromatic N) is 1. The molecule has 0 fully saturated rings. The van der Waals surface area contributed by atoms with E-state index in [1.54, 1.807) is 6.92 Å². The van der Waals surface area contributed by atoms with Crippen molar-refractivity contribution in [3.8, 4) is 0 Å². The first-order chi connectivity index (χ1) is 9.19. The van der Waals surface area contributed by atoms with Crippen molar-refractivity contribution in [3.05, 3.63) is 15.6 Å². The smallest absolute Gasteiger partial charge is 0.347 e. The number of aryl methyl sites for hydroxylation is 1. The SMILES string of the molecule is Cc1nc(CNC(=O)NCCC(C)(C)C)sc1C(=O)O.